The second kappa shape index (κ2) is 10.9. The molecule has 0 bridgehead atoms. The molecule has 0 fully saturated rings. The van der Waals surface area contributed by atoms with Crippen LogP contribution in [0, 0.1) is 17.9 Å². The predicted molar refractivity (Wildman–Crippen MR) is 197 cm³/mol. The number of rotatable bonds is 4. The predicted octanol–water partition coefficient (Wildman–Crippen LogP) is 11.6. The van der Waals surface area contributed by atoms with E-state index < -0.39 is 0 Å². The number of nitriles is 1. The zero-order valence-electron chi connectivity index (χ0n) is 25.8. The van der Waals surface area contributed by atoms with E-state index in [-0.39, 0.29) is 0 Å². The normalized spacial score (nSPS) is 11.3. The maximum atomic E-state index is 10.5. The van der Waals surface area contributed by atoms with Crippen LogP contribution in [0.5, 0.6) is 0 Å². The summed E-state index contributed by atoms with van der Waals surface area (Å²) in [4.78, 5) is 3.68. The van der Waals surface area contributed by atoms with E-state index in [2.05, 4.69) is 129 Å². The van der Waals surface area contributed by atoms with Crippen LogP contribution < -0.4 is 0 Å². The number of hydrogen-bond acceptors (Lipinski definition) is 1. The summed E-state index contributed by atoms with van der Waals surface area (Å²) in [5.74, 6) is 0. The molecule has 0 saturated carbocycles. The van der Waals surface area contributed by atoms with Gasteiger partial charge in [-0.3, -0.25) is 0 Å². The third kappa shape index (κ3) is 4.14. The van der Waals surface area contributed by atoms with Crippen LogP contribution in [0.15, 0.2) is 158 Å². The van der Waals surface area contributed by atoms with Gasteiger partial charge in [-0.15, -0.1) is 0 Å². The molecule has 0 N–H and O–H groups in total. The van der Waals surface area contributed by atoms with Crippen LogP contribution in [0.1, 0.15) is 5.56 Å². The third-order valence-electron chi connectivity index (χ3n) is 9.40. The maximum Gasteiger partial charge on any atom is 0.188 e. The van der Waals surface area contributed by atoms with Crippen LogP contribution in [-0.4, -0.2) is 9.13 Å². The van der Waals surface area contributed by atoms with Crippen molar-refractivity contribution in [3.63, 3.8) is 0 Å². The minimum atomic E-state index is 0.613. The van der Waals surface area contributed by atoms with Gasteiger partial charge in [0.05, 0.1) is 46.0 Å². The molecular weight excluding hydrogens is 585 g/mol. The van der Waals surface area contributed by atoms with E-state index in [1.165, 1.54) is 21.8 Å². The van der Waals surface area contributed by atoms with Gasteiger partial charge >= 0.3 is 0 Å². The lowest BCUT2D eigenvalue weighted by Crippen LogP contribution is -1.98. The average molecular weight is 611 g/mol. The Morgan fingerprint density at radius 3 is 1.71 bits per heavy atom. The lowest BCUT2D eigenvalue weighted by atomic mass is 9.94. The lowest BCUT2D eigenvalue weighted by Gasteiger charge is -2.16. The van der Waals surface area contributed by atoms with Crippen LogP contribution in [0.3, 0.4) is 0 Å². The SMILES string of the molecule is [C-]#[N+]c1ccc2c(c1)c1ccccc1n2-c1ccccc1-c1ccc(-c2ccc(-n3c4ccccc4c4ccccc43)cc2)cc1C#N. The molecule has 0 unspecified atom stereocenters. The molecule has 48 heavy (non-hydrogen) atoms. The van der Waals surface area contributed by atoms with Gasteiger partial charge in [0.1, 0.15) is 0 Å². The van der Waals surface area contributed by atoms with Gasteiger partial charge in [-0.1, -0.05) is 103 Å². The minimum Gasteiger partial charge on any atom is -0.309 e. The fourth-order valence-electron chi connectivity index (χ4n) is 7.24. The molecule has 9 aromatic rings. The van der Waals surface area contributed by atoms with Gasteiger partial charge < -0.3 is 9.13 Å². The molecule has 0 aliphatic carbocycles. The molecule has 0 radical (unpaired) electrons. The van der Waals surface area contributed by atoms with Crippen molar-refractivity contribution in [2.75, 3.05) is 0 Å². The average Bonchev–Trinajstić information content (AvgIpc) is 3.67. The topological polar surface area (TPSA) is 38.0 Å². The Labute approximate surface area is 277 Å². The standard InChI is InChI=1S/C44H26N4/c1-46-32-21-25-44-39(27-32)38-13-5-9-17-43(38)48(44)42-16-8-2-10-35(42)34-24-20-30(26-31(34)28-45)29-18-22-33(23-19-29)47-40-14-6-3-11-36(40)37-12-4-7-15-41(37)47/h2-27H. The summed E-state index contributed by atoms with van der Waals surface area (Å²) >= 11 is 0. The molecule has 9 rings (SSSR count). The molecule has 2 heterocycles. The monoisotopic (exact) mass is 610 g/mol. The maximum absolute atomic E-state index is 10.5. The lowest BCUT2D eigenvalue weighted by molar-refractivity contribution is 1.18. The molecule has 4 nitrogen and oxygen atoms in total. The highest BCUT2D eigenvalue weighted by Gasteiger charge is 2.18. The van der Waals surface area contributed by atoms with E-state index in [1.54, 1.807) is 0 Å². The summed E-state index contributed by atoms with van der Waals surface area (Å²) in [5.41, 5.74) is 11.6. The smallest absolute Gasteiger partial charge is 0.188 e. The molecular formula is C44H26N4. The van der Waals surface area contributed by atoms with Crippen molar-refractivity contribution in [1.29, 1.82) is 5.26 Å². The number of fused-ring (bicyclic) bond motifs is 6. The van der Waals surface area contributed by atoms with Gasteiger partial charge in [0.25, 0.3) is 0 Å². The van der Waals surface area contributed by atoms with Crippen molar-refractivity contribution in [3.8, 4) is 39.7 Å². The van der Waals surface area contributed by atoms with Gasteiger partial charge in [0, 0.05) is 33.0 Å². The molecule has 0 aliphatic rings. The highest BCUT2D eigenvalue weighted by atomic mass is 15.0. The van der Waals surface area contributed by atoms with Crippen LogP contribution >= 0.6 is 0 Å². The van der Waals surface area contributed by atoms with Crippen molar-refractivity contribution >= 4 is 49.3 Å². The molecule has 7 aromatic carbocycles. The second-order valence-electron chi connectivity index (χ2n) is 12.0. The van der Waals surface area contributed by atoms with Gasteiger partial charge in [0.15, 0.2) is 5.69 Å². The molecule has 0 saturated heterocycles. The van der Waals surface area contributed by atoms with Crippen LogP contribution in [0.25, 0.3) is 82.1 Å². The summed E-state index contributed by atoms with van der Waals surface area (Å²) in [6, 6.07) is 56.7. The molecule has 2 aromatic heterocycles. The fourth-order valence-corrected chi connectivity index (χ4v) is 7.24. The molecule has 0 amide bonds. The van der Waals surface area contributed by atoms with Gasteiger partial charge in [-0.2, -0.15) is 5.26 Å². The Kier molecular flexibility index (Phi) is 6.22. The van der Waals surface area contributed by atoms with Crippen molar-refractivity contribution < 1.29 is 0 Å². The van der Waals surface area contributed by atoms with E-state index in [4.69, 9.17) is 6.57 Å². The third-order valence-corrected chi connectivity index (χ3v) is 9.40. The van der Waals surface area contributed by atoms with E-state index in [0.29, 0.717) is 11.3 Å². The van der Waals surface area contributed by atoms with Crippen LogP contribution in [0.4, 0.5) is 5.69 Å². The van der Waals surface area contributed by atoms with Gasteiger partial charge in [-0.05, 0) is 71.1 Å². The van der Waals surface area contributed by atoms with Crippen molar-refractivity contribution in [2.45, 2.75) is 0 Å². The van der Waals surface area contributed by atoms with E-state index in [1.807, 2.05) is 48.5 Å². The van der Waals surface area contributed by atoms with Crippen molar-refractivity contribution in [1.82, 2.24) is 9.13 Å². The number of hydrogen-bond donors (Lipinski definition) is 0. The molecule has 0 atom stereocenters. The summed E-state index contributed by atoms with van der Waals surface area (Å²) in [6.07, 6.45) is 0. The number of nitrogens with zero attached hydrogens (tertiary/aromatic N) is 4. The Morgan fingerprint density at radius 1 is 0.479 bits per heavy atom. The van der Waals surface area contributed by atoms with E-state index >= 15 is 0 Å². The second-order valence-corrected chi connectivity index (χ2v) is 12.0. The highest BCUT2D eigenvalue weighted by Crippen LogP contribution is 2.39. The Morgan fingerprint density at radius 2 is 1.04 bits per heavy atom. The largest absolute Gasteiger partial charge is 0.309 e. The Hall–Kier alpha value is -6.88. The first-order valence-electron chi connectivity index (χ1n) is 15.9. The molecule has 0 spiro atoms. The summed E-state index contributed by atoms with van der Waals surface area (Å²) in [7, 11) is 0. The first-order valence-corrected chi connectivity index (χ1v) is 15.9. The minimum absolute atomic E-state index is 0.613. The van der Waals surface area contributed by atoms with Gasteiger partial charge in [-0.25, -0.2) is 4.85 Å². The van der Waals surface area contributed by atoms with Gasteiger partial charge in [0.2, 0.25) is 0 Å². The molecule has 0 aliphatic heterocycles. The summed E-state index contributed by atoms with van der Waals surface area (Å²) < 4.78 is 4.56. The zero-order chi connectivity index (χ0) is 32.2. The quantitative estimate of drug-likeness (QED) is 0.183. The van der Waals surface area contributed by atoms with Crippen LogP contribution in [0.2, 0.25) is 0 Å². The fraction of sp³-hybridized carbons (Fsp3) is 0. The van der Waals surface area contributed by atoms with Crippen molar-refractivity contribution in [2.24, 2.45) is 0 Å². The van der Waals surface area contributed by atoms with E-state index in [0.717, 1.165) is 55.4 Å². The first kappa shape index (κ1) is 27.4. The number of benzene rings is 7. The van der Waals surface area contributed by atoms with Crippen LogP contribution in [-0.2, 0) is 0 Å². The molecule has 4 heteroatoms. The first-order chi connectivity index (χ1) is 23.7. The molecule has 222 valence electrons. The number of aromatic nitrogens is 2. The summed E-state index contributed by atoms with van der Waals surface area (Å²) in [5, 5.41) is 15.1. The van der Waals surface area contributed by atoms with E-state index in [9.17, 15) is 5.26 Å². The Balaban J connectivity index is 1.15. The Bertz CT molecular complexity index is 2750. The summed E-state index contributed by atoms with van der Waals surface area (Å²) in [6.45, 7) is 7.56. The number of para-hydroxylation sites is 4. The van der Waals surface area contributed by atoms with Crippen molar-refractivity contribution in [3.05, 3.63) is 175 Å². The zero-order valence-corrected chi connectivity index (χ0v) is 25.8. The highest BCUT2D eigenvalue weighted by molar-refractivity contribution is 6.11.